The molecule has 1 aliphatic carbocycles. The van der Waals surface area contributed by atoms with Crippen LogP contribution in [0, 0.1) is 11.8 Å². The van der Waals surface area contributed by atoms with E-state index >= 15 is 0 Å². The molecule has 1 saturated carbocycles. The molecule has 2 aliphatic heterocycles. The lowest BCUT2D eigenvalue weighted by Gasteiger charge is -2.28. The van der Waals surface area contributed by atoms with Gasteiger partial charge in [-0.25, -0.2) is 4.79 Å². The van der Waals surface area contributed by atoms with Crippen LogP contribution in [0.4, 0.5) is 0 Å². The maximum atomic E-state index is 11.0. The summed E-state index contributed by atoms with van der Waals surface area (Å²) >= 11 is 0. The molecule has 6 nitrogen and oxygen atoms in total. The van der Waals surface area contributed by atoms with Crippen molar-refractivity contribution in [1.29, 1.82) is 0 Å². The van der Waals surface area contributed by atoms with Crippen molar-refractivity contribution in [2.45, 2.75) is 50.1 Å². The third-order valence-electron chi connectivity index (χ3n) is 4.35. The fraction of sp³-hybridized carbons (Fsp3) is 0.833. The Hall–Kier alpha value is -1.14. The highest BCUT2D eigenvalue weighted by Crippen LogP contribution is 2.73. The number of carboxylic acid groups (broad SMARTS) is 2. The third-order valence-corrected chi connectivity index (χ3v) is 4.35. The predicted octanol–water partition coefficient (Wildman–Crippen LogP) is 1.20. The summed E-state index contributed by atoms with van der Waals surface area (Å²) in [5.41, 5.74) is 0. The van der Waals surface area contributed by atoms with Gasteiger partial charge in [-0.1, -0.05) is 19.3 Å². The first-order valence-corrected chi connectivity index (χ1v) is 6.37. The Kier molecular flexibility index (Phi) is 2.44. The molecular formula is C12H16O6. The minimum absolute atomic E-state index is 0.0836. The van der Waals surface area contributed by atoms with Crippen molar-refractivity contribution in [3.8, 4) is 0 Å². The summed E-state index contributed by atoms with van der Waals surface area (Å²) in [4.78, 5) is 22.0. The van der Waals surface area contributed by atoms with Crippen LogP contribution in [0.25, 0.3) is 0 Å². The van der Waals surface area contributed by atoms with Crippen LogP contribution in [0.3, 0.4) is 0 Å². The highest BCUT2D eigenvalue weighted by atomic mass is 17.1. The molecule has 0 aromatic heterocycles. The minimum Gasteiger partial charge on any atom is -0.481 e. The number of aliphatic carboxylic acids is 2. The summed E-state index contributed by atoms with van der Waals surface area (Å²) in [5.74, 6) is -4.88. The fourth-order valence-corrected chi connectivity index (χ4v) is 3.35. The molecule has 1 atom stereocenters. The van der Waals surface area contributed by atoms with Crippen LogP contribution in [0.1, 0.15) is 38.5 Å². The van der Waals surface area contributed by atoms with Gasteiger partial charge in [0.1, 0.15) is 0 Å². The monoisotopic (exact) mass is 256 g/mol. The van der Waals surface area contributed by atoms with Gasteiger partial charge in [0, 0.05) is 5.92 Å². The van der Waals surface area contributed by atoms with E-state index in [4.69, 9.17) is 19.7 Å². The van der Waals surface area contributed by atoms with Crippen LogP contribution in [0.2, 0.25) is 0 Å². The third kappa shape index (κ3) is 1.48. The van der Waals surface area contributed by atoms with E-state index in [1.54, 1.807) is 0 Å². The van der Waals surface area contributed by atoms with Gasteiger partial charge in [0.15, 0.2) is 0 Å². The number of carboxylic acids is 2. The van der Waals surface area contributed by atoms with E-state index in [9.17, 15) is 9.59 Å². The number of fused-ring (bicyclic) bond motifs is 1. The van der Waals surface area contributed by atoms with Gasteiger partial charge in [0.2, 0.25) is 5.79 Å². The topological polar surface area (TPSA) is 99.7 Å². The molecule has 3 fully saturated rings. The summed E-state index contributed by atoms with van der Waals surface area (Å²) < 4.78 is 10.3. The quantitative estimate of drug-likeness (QED) is 0.717. The Morgan fingerprint density at radius 3 is 2.22 bits per heavy atom. The smallest absolute Gasteiger partial charge is 0.370 e. The van der Waals surface area contributed by atoms with Crippen molar-refractivity contribution in [3.63, 3.8) is 0 Å². The maximum absolute atomic E-state index is 11.0. The highest BCUT2D eigenvalue weighted by Gasteiger charge is 2.98. The van der Waals surface area contributed by atoms with Crippen LogP contribution >= 0.6 is 0 Å². The number of ether oxygens (including phenoxy) is 2. The molecule has 0 aromatic carbocycles. The van der Waals surface area contributed by atoms with Gasteiger partial charge >= 0.3 is 17.7 Å². The predicted molar refractivity (Wildman–Crippen MR) is 57.6 cm³/mol. The van der Waals surface area contributed by atoms with E-state index < -0.39 is 23.5 Å². The first-order chi connectivity index (χ1) is 8.52. The molecule has 2 saturated heterocycles. The van der Waals surface area contributed by atoms with Crippen LogP contribution in [-0.2, 0) is 19.1 Å². The lowest BCUT2D eigenvalue weighted by Crippen LogP contribution is -2.29. The van der Waals surface area contributed by atoms with Gasteiger partial charge in [-0.05, 0) is 18.8 Å². The average molecular weight is 256 g/mol. The zero-order valence-corrected chi connectivity index (χ0v) is 9.92. The standard InChI is InChI=1S/C12H16O6/c13-9(14)6-8(7-4-2-1-3-5-7)11-12(17-11,18-11)10(15)16/h7-8H,1-6H2,(H,13,14)(H,15,16). The molecule has 100 valence electrons. The molecule has 3 aliphatic rings. The molecule has 3 rings (SSSR count). The fourth-order valence-electron chi connectivity index (χ4n) is 3.35. The second kappa shape index (κ2) is 3.68. The molecule has 2 heterocycles. The number of carbonyl (C=O) groups is 2. The molecule has 0 bridgehead atoms. The molecule has 6 heteroatoms. The lowest BCUT2D eigenvalue weighted by molar-refractivity contribution is -0.173. The van der Waals surface area contributed by atoms with Crippen LogP contribution in [0.15, 0.2) is 0 Å². The van der Waals surface area contributed by atoms with Crippen LogP contribution < -0.4 is 0 Å². The van der Waals surface area contributed by atoms with Crippen molar-refractivity contribution in [2.75, 3.05) is 0 Å². The van der Waals surface area contributed by atoms with Crippen LogP contribution in [-0.4, -0.2) is 33.7 Å². The van der Waals surface area contributed by atoms with E-state index in [0.29, 0.717) is 0 Å². The maximum Gasteiger partial charge on any atom is 0.370 e. The Labute approximate surface area is 104 Å². The first kappa shape index (κ1) is 11.9. The summed E-state index contributed by atoms with van der Waals surface area (Å²) in [5, 5.41) is 18.0. The lowest BCUT2D eigenvalue weighted by atomic mass is 9.76. The van der Waals surface area contributed by atoms with Gasteiger partial charge in [-0.3, -0.25) is 14.3 Å². The van der Waals surface area contributed by atoms with Gasteiger partial charge in [-0.15, -0.1) is 0 Å². The SMILES string of the molecule is O=C(O)CC(C1CCCCC1)C12OC1(C(=O)O)O2. The Morgan fingerprint density at radius 2 is 1.78 bits per heavy atom. The molecule has 18 heavy (non-hydrogen) atoms. The molecule has 0 radical (unpaired) electrons. The van der Waals surface area contributed by atoms with E-state index in [-0.39, 0.29) is 18.3 Å². The van der Waals surface area contributed by atoms with E-state index in [1.165, 1.54) is 0 Å². The second-order valence-corrected chi connectivity index (χ2v) is 5.40. The number of rotatable bonds is 5. The highest BCUT2D eigenvalue weighted by molar-refractivity contribution is 5.85. The zero-order chi connectivity index (χ0) is 13.0. The van der Waals surface area contributed by atoms with Crippen molar-refractivity contribution in [3.05, 3.63) is 0 Å². The average Bonchev–Trinajstić information content (AvgIpc) is 3.13. The van der Waals surface area contributed by atoms with Crippen molar-refractivity contribution < 1.29 is 29.3 Å². The molecule has 0 amide bonds. The Bertz CT molecular complexity index is 391. The molecular weight excluding hydrogens is 240 g/mol. The van der Waals surface area contributed by atoms with Crippen LogP contribution in [0.5, 0.6) is 0 Å². The van der Waals surface area contributed by atoms with Gasteiger partial charge in [-0.2, -0.15) is 0 Å². The number of hydrogen-bond acceptors (Lipinski definition) is 4. The largest absolute Gasteiger partial charge is 0.481 e. The van der Waals surface area contributed by atoms with Crippen molar-refractivity contribution >= 4 is 11.9 Å². The molecule has 0 spiro atoms. The number of epoxide rings is 2. The Balaban J connectivity index is 1.76. The van der Waals surface area contributed by atoms with E-state index in [0.717, 1.165) is 32.1 Å². The van der Waals surface area contributed by atoms with Crippen molar-refractivity contribution in [2.24, 2.45) is 11.8 Å². The summed E-state index contributed by atoms with van der Waals surface area (Å²) in [6.07, 6.45) is 5.08. The summed E-state index contributed by atoms with van der Waals surface area (Å²) in [7, 11) is 0. The molecule has 2 N–H and O–H groups in total. The molecule has 1 unspecified atom stereocenters. The summed E-state index contributed by atoms with van der Waals surface area (Å²) in [6, 6.07) is 0. The molecule has 0 aromatic rings. The minimum atomic E-state index is -1.52. The Morgan fingerprint density at radius 1 is 1.17 bits per heavy atom. The normalized spacial score (nSPS) is 39.8. The van der Waals surface area contributed by atoms with Crippen molar-refractivity contribution in [1.82, 2.24) is 0 Å². The number of hydrogen-bond donors (Lipinski definition) is 2. The second-order valence-electron chi connectivity index (χ2n) is 5.40. The van der Waals surface area contributed by atoms with E-state index in [1.807, 2.05) is 0 Å². The van der Waals surface area contributed by atoms with Gasteiger partial charge in [0.05, 0.1) is 6.42 Å². The summed E-state index contributed by atoms with van der Waals surface area (Å²) in [6.45, 7) is 0. The first-order valence-electron chi connectivity index (χ1n) is 6.37. The zero-order valence-electron chi connectivity index (χ0n) is 9.92. The van der Waals surface area contributed by atoms with E-state index in [2.05, 4.69) is 0 Å². The van der Waals surface area contributed by atoms with Gasteiger partial charge < -0.3 is 10.2 Å². The van der Waals surface area contributed by atoms with Gasteiger partial charge in [0.25, 0.3) is 0 Å².